The first-order chi connectivity index (χ1) is 14.2. The molecule has 0 unspecified atom stereocenters. The summed E-state index contributed by atoms with van der Waals surface area (Å²) in [5.41, 5.74) is 1.34. The van der Waals surface area contributed by atoms with Gasteiger partial charge in [0, 0.05) is 43.3 Å². The third-order valence-corrected chi connectivity index (χ3v) is 6.54. The first kappa shape index (κ1) is 21.6. The van der Waals surface area contributed by atoms with Crippen LogP contribution in [0.15, 0.2) is 35.5 Å². The van der Waals surface area contributed by atoms with Gasteiger partial charge < -0.3 is 20.1 Å². The minimum atomic E-state index is 0.0250. The fourth-order valence-corrected chi connectivity index (χ4v) is 4.43. The quantitative estimate of drug-likeness (QED) is 0.509. The third kappa shape index (κ3) is 5.70. The standard InChI is InChI=1S/C22H32N4O2S/c1-4-19-14-24-20(29-19)15-25-21(23-3)26-16-22(10-12-27-13-11-22)17-6-8-18(9-7-17)28-5-2/h6-9,14H,4-5,10-13,15-16H2,1-3H3,(H2,23,25,26). The number of benzene rings is 1. The van der Waals surface area contributed by atoms with E-state index in [-0.39, 0.29) is 5.41 Å². The van der Waals surface area contributed by atoms with E-state index in [1.54, 1.807) is 11.3 Å². The summed E-state index contributed by atoms with van der Waals surface area (Å²) >= 11 is 1.75. The largest absolute Gasteiger partial charge is 0.494 e. The fraction of sp³-hybridized carbons (Fsp3) is 0.545. The molecule has 29 heavy (non-hydrogen) atoms. The van der Waals surface area contributed by atoms with Crippen LogP contribution in [0.4, 0.5) is 0 Å². The SMILES string of the molecule is CCOc1ccc(C2(CNC(=NC)NCc3ncc(CC)s3)CCOCC2)cc1. The second kappa shape index (κ2) is 10.6. The number of ether oxygens (including phenoxy) is 2. The number of rotatable bonds is 8. The van der Waals surface area contributed by atoms with Gasteiger partial charge in [-0.2, -0.15) is 0 Å². The number of guanidine groups is 1. The minimum absolute atomic E-state index is 0.0250. The molecule has 0 amide bonds. The van der Waals surface area contributed by atoms with Crippen molar-refractivity contribution in [2.75, 3.05) is 33.4 Å². The Morgan fingerprint density at radius 3 is 2.59 bits per heavy atom. The van der Waals surface area contributed by atoms with Crippen molar-refractivity contribution in [3.8, 4) is 5.75 Å². The summed E-state index contributed by atoms with van der Waals surface area (Å²) in [5.74, 6) is 1.72. The van der Waals surface area contributed by atoms with Gasteiger partial charge in [-0.05, 0) is 43.9 Å². The number of nitrogens with one attached hydrogen (secondary N) is 2. The van der Waals surface area contributed by atoms with Crippen LogP contribution >= 0.6 is 11.3 Å². The minimum Gasteiger partial charge on any atom is -0.494 e. The summed E-state index contributed by atoms with van der Waals surface area (Å²) < 4.78 is 11.3. The normalized spacial score (nSPS) is 16.4. The van der Waals surface area contributed by atoms with Crippen molar-refractivity contribution in [1.82, 2.24) is 15.6 Å². The second-order valence-electron chi connectivity index (χ2n) is 7.20. The van der Waals surface area contributed by atoms with Gasteiger partial charge in [0.2, 0.25) is 0 Å². The number of thiazole rings is 1. The molecule has 6 nitrogen and oxygen atoms in total. The lowest BCUT2D eigenvalue weighted by Gasteiger charge is -2.38. The molecule has 1 aliphatic heterocycles. The smallest absolute Gasteiger partial charge is 0.191 e. The summed E-state index contributed by atoms with van der Waals surface area (Å²) in [6, 6.07) is 8.51. The van der Waals surface area contributed by atoms with Crippen LogP contribution in [0.1, 0.15) is 42.1 Å². The predicted molar refractivity (Wildman–Crippen MR) is 119 cm³/mol. The Morgan fingerprint density at radius 2 is 1.97 bits per heavy atom. The van der Waals surface area contributed by atoms with Gasteiger partial charge in [0.25, 0.3) is 0 Å². The highest BCUT2D eigenvalue weighted by Gasteiger charge is 2.34. The van der Waals surface area contributed by atoms with Gasteiger partial charge in [-0.1, -0.05) is 19.1 Å². The first-order valence-electron chi connectivity index (χ1n) is 10.4. The molecule has 1 fully saturated rings. The zero-order valence-corrected chi connectivity index (χ0v) is 18.5. The summed E-state index contributed by atoms with van der Waals surface area (Å²) in [7, 11) is 1.81. The lowest BCUT2D eigenvalue weighted by atomic mass is 9.74. The number of hydrogen-bond acceptors (Lipinski definition) is 5. The van der Waals surface area contributed by atoms with Crippen LogP contribution < -0.4 is 15.4 Å². The zero-order valence-electron chi connectivity index (χ0n) is 17.7. The number of nitrogens with zero attached hydrogens (tertiary/aromatic N) is 2. The fourth-order valence-electron chi connectivity index (χ4n) is 3.63. The summed E-state index contributed by atoms with van der Waals surface area (Å²) in [6.07, 6.45) is 4.95. The van der Waals surface area contributed by atoms with E-state index in [1.165, 1.54) is 10.4 Å². The van der Waals surface area contributed by atoms with Gasteiger partial charge in [-0.15, -0.1) is 11.3 Å². The van der Waals surface area contributed by atoms with Crippen LogP contribution in [0.25, 0.3) is 0 Å². The number of aliphatic imine (C=N–C) groups is 1. The van der Waals surface area contributed by atoms with E-state index < -0.39 is 0 Å². The third-order valence-electron chi connectivity index (χ3n) is 5.40. The monoisotopic (exact) mass is 416 g/mol. The van der Waals surface area contributed by atoms with Crippen molar-refractivity contribution in [2.45, 2.75) is 45.1 Å². The molecule has 1 aromatic heterocycles. The molecule has 0 spiro atoms. The van der Waals surface area contributed by atoms with E-state index in [0.29, 0.717) is 13.2 Å². The van der Waals surface area contributed by atoms with Crippen molar-refractivity contribution >= 4 is 17.3 Å². The molecule has 158 valence electrons. The molecule has 0 radical (unpaired) electrons. The predicted octanol–water partition coefficient (Wildman–Crippen LogP) is 3.52. The Labute approximate surface area is 177 Å². The van der Waals surface area contributed by atoms with Crippen LogP contribution in [0.3, 0.4) is 0 Å². The highest BCUT2D eigenvalue weighted by atomic mass is 32.1. The highest BCUT2D eigenvalue weighted by molar-refractivity contribution is 7.11. The van der Waals surface area contributed by atoms with Gasteiger partial charge in [-0.25, -0.2) is 4.98 Å². The lowest BCUT2D eigenvalue weighted by Crippen LogP contribution is -2.47. The Hall–Kier alpha value is -2.12. The first-order valence-corrected chi connectivity index (χ1v) is 11.2. The second-order valence-corrected chi connectivity index (χ2v) is 8.40. The lowest BCUT2D eigenvalue weighted by molar-refractivity contribution is 0.0513. The van der Waals surface area contributed by atoms with E-state index in [1.807, 2.05) is 20.2 Å². The summed E-state index contributed by atoms with van der Waals surface area (Å²) in [4.78, 5) is 10.2. The topological polar surface area (TPSA) is 67.8 Å². The van der Waals surface area contributed by atoms with Crippen molar-refractivity contribution in [2.24, 2.45) is 4.99 Å². The molecule has 2 N–H and O–H groups in total. The Balaban J connectivity index is 1.64. The van der Waals surface area contributed by atoms with Crippen LogP contribution in [-0.4, -0.2) is 44.4 Å². The van der Waals surface area contributed by atoms with E-state index in [0.717, 1.165) is 55.7 Å². The van der Waals surface area contributed by atoms with Crippen LogP contribution in [-0.2, 0) is 23.1 Å². The van der Waals surface area contributed by atoms with Crippen molar-refractivity contribution in [3.63, 3.8) is 0 Å². The maximum absolute atomic E-state index is 5.65. The number of aryl methyl sites for hydroxylation is 1. The Morgan fingerprint density at radius 1 is 1.21 bits per heavy atom. The van der Waals surface area contributed by atoms with Gasteiger partial charge in [0.05, 0.1) is 13.2 Å². The highest BCUT2D eigenvalue weighted by Crippen LogP contribution is 2.35. The molecule has 0 saturated carbocycles. The van der Waals surface area contributed by atoms with Crippen LogP contribution in [0, 0.1) is 0 Å². The number of aromatic nitrogens is 1. The van der Waals surface area contributed by atoms with Crippen LogP contribution in [0.2, 0.25) is 0 Å². The summed E-state index contributed by atoms with van der Waals surface area (Å²) in [6.45, 7) is 7.89. The molecule has 3 rings (SSSR count). The average molecular weight is 417 g/mol. The van der Waals surface area contributed by atoms with E-state index >= 15 is 0 Å². The van der Waals surface area contributed by atoms with Crippen molar-refractivity contribution < 1.29 is 9.47 Å². The molecule has 7 heteroatoms. The van der Waals surface area contributed by atoms with E-state index in [2.05, 4.69) is 51.8 Å². The molecule has 0 atom stereocenters. The Bertz CT molecular complexity index is 782. The Kier molecular flexibility index (Phi) is 7.89. The van der Waals surface area contributed by atoms with Gasteiger partial charge in [-0.3, -0.25) is 4.99 Å². The van der Waals surface area contributed by atoms with Gasteiger partial charge >= 0.3 is 0 Å². The summed E-state index contributed by atoms with van der Waals surface area (Å²) in [5, 5.41) is 8.01. The molecule has 1 aliphatic rings. The molecule has 0 aliphatic carbocycles. The van der Waals surface area contributed by atoms with E-state index in [9.17, 15) is 0 Å². The maximum atomic E-state index is 5.65. The van der Waals surface area contributed by atoms with Crippen molar-refractivity contribution in [3.05, 3.63) is 45.9 Å². The van der Waals surface area contributed by atoms with Crippen molar-refractivity contribution in [1.29, 1.82) is 0 Å². The molecule has 2 aromatic rings. The maximum Gasteiger partial charge on any atom is 0.191 e. The molecule has 1 aromatic carbocycles. The number of hydrogen-bond donors (Lipinski definition) is 2. The van der Waals surface area contributed by atoms with Gasteiger partial charge in [0.15, 0.2) is 5.96 Å². The van der Waals surface area contributed by atoms with Crippen LogP contribution in [0.5, 0.6) is 5.75 Å². The van der Waals surface area contributed by atoms with Gasteiger partial charge in [0.1, 0.15) is 10.8 Å². The molecule has 2 heterocycles. The molecular formula is C22H32N4O2S. The molecular weight excluding hydrogens is 384 g/mol. The average Bonchev–Trinajstić information content (AvgIpc) is 3.23. The van der Waals surface area contributed by atoms with E-state index in [4.69, 9.17) is 9.47 Å². The zero-order chi connectivity index (χ0) is 20.5. The molecule has 1 saturated heterocycles. The molecule has 0 bridgehead atoms.